The van der Waals surface area contributed by atoms with Crippen molar-refractivity contribution in [2.75, 3.05) is 43.1 Å². The molecule has 0 N–H and O–H groups in total. The van der Waals surface area contributed by atoms with Gasteiger partial charge < -0.3 is 14.5 Å². The molecule has 1 fully saturated rings. The lowest BCUT2D eigenvalue weighted by Crippen LogP contribution is -2.47. The van der Waals surface area contributed by atoms with Crippen LogP contribution in [0.2, 0.25) is 0 Å². The first-order valence-corrected chi connectivity index (χ1v) is 7.34. The molecule has 1 aromatic heterocycles. The first kappa shape index (κ1) is 15.2. The van der Waals surface area contributed by atoms with Crippen LogP contribution in [0.3, 0.4) is 0 Å². The fourth-order valence-corrected chi connectivity index (χ4v) is 2.61. The third-order valence-corrected chi connectivity index (χ3v) is 3.82. The van der Waals surface area contributed by atoms with Gasteiger partial charge in [-0.1, -0.05) is 0 Å². The van der Waals surface area contributed by atoms with Crippen LogP contribution in [0.4, 0.5) is 16.0 Å². The van der Waals surface area contributed by atoms with Gasteiger partial charge in [-0.3, -0.25) is 0 Å². The van der Waals surface area contributed by atoms with Gasteiger partial charge in [0.05, 0.1) is 18.4 Å². The van der Waals surface area contributed by atoms with E-state index in [0.29, 0.717) is 37.8 Å². The zero-order chi connectivity index (χ0) is 16.2. The topological polar surface area (TPSA) is 58.6 Å². The monoisotopic (exact) mass is 316 g/mol. The summed E-state index contributed by atoms with van der Waals surface area (Å²) in [7, 11) is 1.28. The maximum Gasteiger partial charge on any atom is 0.337 e. The SMILES string of the molecule is COC(=O)c1ccc(N2CCN(c3ncccn3)CC2)c(F)c1. The summed E-state index contributed by atoms with van der Waals surface area (Å²) in [5, 5.41) is 0. The van der Waals surface area contributed by atoms with Crippen LogP contribution in [0, 0.1) is 5.82 Å². The molecule has 0 amide bonds. The molecule has 0 spiro atoms. The molecule has 2 aromatic rings. The van der Waals surface area contributed by atoms with Crippen molar-refractivity contribution in [3.63, 3.8) is 0 Å². The van der Waals surface area contributed by atoms with Crippen LogP contribution in [0.1, 0.15) is 10.4 Å². The van der Waals surface area contributed by atoms with Crippen LogP contribution in [-0.2, 0) is 4.74 Å². The quantitative estimate of drug-likeness (QED) is 0.804. The molecule has 1 aliphatic rings. The van der Waals surface area contributed by atoms with E-state index in [4.69, 9.17) is 0 Å². The number of hydrogen-bond acceptors (Lipinski definition) is 6. The van der Waals surface area contributed by atoms with Crippen LogP contribution in [0.15, 0.2) is 36.7 Å². The predicted octanol–water partition coefficient (Wildman–Crippen LogP) is 1.73. The van der Waals surface area contributed by atoms with Gasteiger partial charge in [0.2, 0.25) is 5.95 Å². The number of hydrogen-bond donors (Lipinski definition) is 0. The average molecular weight is 316 g/mol. The number of carbonyl (C=O) groups excluding carboxylic acids is 1. The molecule has 0 aliphatic carbocycles. The van der Waals surface area contributed by atoms with Crippen molar-refractivity contribution >= 4 is 17.6 Å². The molecule has 7 heteroatoms. The summed E-state index contributed by atoms with van der Waals surface area (Å²) in [6.45, 7) is 2.74. The minimum atomic E-state index is -0.540. The molecule has 120 valence electrons. The molecule has 0 unspecified atom stereocenters. The van der Waals surface area contributed by atoms with Gasteiger partial charge in [-0.05, 0) is 24.3 Å². The lowest BCUT2D eigenvalue weighted by molar-refractivity contribution is 0.0600. The Kier molecular flexibility index (Phi) is 4.36. The zero-order valence-corrected chi connectivity index (χ0v) is 12.8. The van der Waals surface area contributed by atoms with Gasteiger partial charge >= 0.3 is 5.97 Å². The summed E-state index contributed by atoms with van der Waals surface area (Å²) in [6, 6.07) is 6.19. The van der Waals surface area contributed by atoms with Crippen molar-refractivity contribution < 1.29 is 13.9 Å². The van der Waals surface area contributed by atoms with E-state index >= 15 is 0 Å². The van der Waals surface area contributed by atoms with E-state index in [-0.39, 0.29) is 5.56 Å². The molecule has 0 bridgehead atoms. The second kappa shape index (κ2) is 6.60. The Morgan fingerprint density at radius 2 is 1.78 bits per heavy atom. The molecule has 23 heavy (non-hydrogen) atoms. The van der Waals surface area contributed by atoms with Gasteiger partial charge in [0, 0.05) is 38.6 Å². The molecule has 6 nitrogen and oxygen atoms in total. The average Bonchev–Trinajstić information content (AvgIpc) is 2.62. The number of aromatic nitrogens is 2. The zero-order valence-electron chi connectivity index (χ0n) is 12.8. The Labute approximate surface area is 133 Å². The number of anilines is 2. The summed E-state index contributed by atoms with van der Waals surface area (Å²) >= 11 is 0. The minimum Gasteiger partial charge on any atom is -0.465 e. The fourth-order valence-electron chi connectivity index (χ4n) is 2.61. The Hall–Kier alpha value is -2.70. The van der Waals surface area contributed by atoms with Crippen molar-refractivity contribution in [1.29, 1.82) is 0 Å². The van der Waals surface area contributed by atoms with Gasteiger partial charge in [-0.2, -0.15) is 0 Å². The molecule has 3 rings (SSSR count). The summed E-state index contributed by atoms with van der Waals surface area (Å²) in [4.78, 5) is 23.9. The fraction of sp³-hybridized carbons (Fsp3) is 0.312. The van der Waals surface area contributed by atoms with Crippen LogP contribution in [0.25, 0.3) is 0 Å². The minimum absolute atomic E-state index is 0.213. The van der Waals surface area contributed by atoms with Crippen LogP contribution in [-0.4, -0.2) is 49.2 Å². The van der Waals surface area contributed by atoms with Crippen molar-refractivity contribution in [2.24, 2.45) is 0 Å². The van der Waals surface area contributed by atoms with E-state index in [0.717, 1.165) is 0 Å². The number of methoxy groups -OCH3 is 1. The molecule has 0 saturated carbocycles. The summed E-state index contributed by atoms with van der Waals surface area (Å²) in [5.41, 5.74) is 0.705. The first-order chi connectivity index (χ1) is 11.2. The highest BCUT2D eigenvalue weighted by Crippen LogP contribution is 2.23. The summed E-state index contributed by atoms with van der Waals surface area (Å²) in [6.07, 6.45) is 3.42. The Balaban J connectivity index is 1.69. The van der Waals surface area contributed by atoms with Crippen LogP contribution >= 0.6 is 0 Å². The van der Waals surface area contributed by atoms with E-state index in [2.05, 4.69) is 19.6 Å². The first-order valence-electron chi connectivity index (χ1n) is 7.34. The lowest BCUT2D eigenvalue weighted by atomic mass is 10.1. The van der Waals surface area contributed by atoms with E-state index in [1.807, 2.05) is 4.90 Å². The Morgan fingerprint density at radius 1 is 1.13 bits per heavy atom. The van der Waals surface area contributed by atoms with Gasteiger partial charge in [0.15, 0.2) is 0 Å². The number of carbonyl (C=O) groups is 1. The number of nitrogens with zero attached hydrogens (tertiary/aromatic N) is 4. The second-order valence-electron chi connectivity index (χ2n) is 5.18. The molecular weight excluding hydrogens is 299 g/mol. The van der Waals surface area contributed by atoms with Crippen LogP contribution in [0.5, 0.6) is 0 Å². The van der Waals surface area contributed by atoms with E-state index < -0.39 is 11.8 Å². The van der Waals surface area contributed by atoms with E-state index in [9.17, 15) is 9.18 Å². The van der Waals surface area contributed by atoms with Crippen molar-refractivity contribution in [3.8, 4) is 0 Å². The van der Waals surface area contributed by atoms with E-state index in [1.165, 1.54) is 13.2 Å². The van der Waals surface area contributed by atoms with Gasteiger partial charge in [0.1, 0.15) is 5.82 Å². The Morgan fingerprint density at radius 3 is 2.39 bits per heavy atom. The van der Waals surface area contributed by atoms with Gasteiger partial charge in [-0.15, -0.1) is 0 Å². The molecular formula is C16H17FN4O2. The van der Waals surface area contributed by atoms with Crippen LogP contribution < -0.4 is 9.80 Å². The molecule has 0 radical (unpaired) electrons. The maximum absolute atomic E-state index is 14.3. The van der Waals surface area contributed by atoms with Gasteiger partial charge in [0.25, 0.3) is 0 Å². The van der Waals surface area contributed by atoms with Crippen molar-refractivity contribution in [3.05, 3.63) is 48.0 Å². The molecule has 1 saturated heterocycles. The highest BCUT2D eigenvalue weighted by molar-refractivity contribution is 5.89. The third kappa shape index (κ3) is 3.23. The number of halogens is 1. The summed E-state index contributed by atoms with van der Waals surface area (Å²) < 4.78 is 18.9. The smallest absolute Gasteiger partial charge is 0.337 e. The number of rotatable bonds is 3. The standard InChI is InChI=1S/C16H17FN4O2/c1-23-15(22)12-3-4-14(13(17)11-12)20-7-9-21(10-8-20)16-18-5-2-6-19-16/h2-6,11H,7-10H2,1H3. The van der Waals surface area contributed by atoms with Crippen molar-refractivity contribution in [1.82, 2.24) is 9.97 Å². The highest BCUT2D eigenvalue weighted by Gasteiger charge is 2.21. The number of benzene rings is 1. The number of esters is 1. The molecule has 0 atom stereocenters. The predicted molar refractivity (Wildman–Crippen MR) is 84.2 cm³/mol. The normalized spacial score (nSPS) is 14.7. The highest BCUT2D eigenvalue weighted by atomic mass is 19.1. The molecule has 1 aromatic carbocycles. The Bertz CT molecular complexity index is 688. The lowest BCUT2D eigenvalue weighted by Gasteiger charge is -2.36. The maximum atomic E-state index is 14.3. The summed E-state index contributed by atoms with van der Waals surface area (Å²) in [5.74, 6) is -0.271. The third-order valence-electron chi connectivity index (χ3n) is 3.82. The second-order valence-corrected chi connectivity index (χ2v) is 5.18. The number of ether oxygens (including phenoxy) is 1. The largest absolute Gasteiger partial charge is 0.465 e. The van der Waals surface area contributed by atoms with E-state index in [1.54, 1.807) is 30.6 Å². The number of piperazine rings is 1. The van der Waals surface area contributed by atoms with Gasteiger partial charge in [-0.25, -0.2) is 19.2 Å². The molecule has 1 aliphatic heterocycles. The molecule has 2 heterocycles. The van der Waals surface area contributed by atoms with Crippen molar-refractivity contribution in [2.45, 2.75) is 0 Å².